The molecule has 0 saturated carbocycles. The molecule has 26 heavy (non-hydrogen) atoms. The van der Waals surface area contributed by atoms with E-state index in [0.29, 0.717) is 11.8 Å². The van der Waals surface area contributed by atoms with Crippen LogP contribution in [0.4, 0.5) is 8.78 Å². The molecular weight excluding hydrogens is 368 g/mol. The molecule has 134 valence electrons. The average molecular weight is 379 g/mol. The van der Waals surface area contributed by atoms with E-state index in [1.54, 1.807) is 0 Å². The average Bonchev–Trinajstić information content (AvgIpc) is 3.03. The van der Waals surface area contributed by atoms with Crippen molar-refractivity contribution in [3.63, 3.8) is 0 Å². The molecule has 4 rings (SSSR count). The quantitative estimate of drug-likeness (QED) is 0.678. The molecule has 0 atom stereocenters. The molecule has 8 nitrogen and oxygen atoms in total. The molecule has 1 aliphatic heterocycles. The number of sulfonamides is 1. The number of nitrogens with zero attached hydrogens (tertiary/aromatic N) is 5. The molecular formula is C15H11F2N5O3S. The Morgan fingerprint density at radius 3 is 2.50 bits per heavy atom. The predicted molar refractivity (Wildman–Crippen MR) is 83.2 cm³/mol. The first-order valence-electron chi connectivity index (χ1n) is 7.50. The summed E-state index contributed by atoms with van der Waals surface area (Å²) in [6.45, 7) is 0.144. The van der Waals surface area contributed by atoms with E-state index in [2.05, 4.69) is 20.1 Å². The summed E-state index contributed by atoms with van der Waals surface area (Å²) >= 11 is 0. The summed E-state index contributed by atoms with van der Waals surface area (Å²) in [5, 5.41) is 3.80. The van der Waals surface area contributed by atoms with Crippen LogP contribution in [0.2, 0.25) is 0 Å². The molecule has 0 unspecified atom stereocenters. The zero-order chi connectivity index (χ0) is 18.3. The van der Waals surface area contributed by atoms with Crippen LogP contribution in [0, 0.1) is 11.6 Å². The van der Waals surface area contributed by atoms with Gasteiger partial charge in [-0.1, -0.05) is 5.16 Å². The SMILES string of the molecule is O=S(=O)(c1cc(F)cc(F)c1)N1CC(c2nc(-c3cnccn3)no2)C1. The second-order valence-electron chi connectivity index (χ2n) is 5.67. The van der Waals surface area contributed by atoms with Gasteiger partial charge >= 0.3 is 0 Å². The zero-order valence-electron chi connectivity index (χ0n) is 13.1. The molecule has 3 heterocycles. The van der Waals surface area contributed by atoms with Crippen molar-refractivity contribution >= 4 is 10.0 Å². The van der Waals surface area contributed by atoms with Gasteiger partial charge in [-0.05, 0) is 12.1 Å². The van der Waals surface area contributed by atoms with Crippen molar-refractivity contribution in [2.75, 3.05) is 13.1 Å². The minimum absolute atomic E-state index is 0.0720. The monoisotopic (exact) mass is 379 g/mol. The number of hydrogen-bond acceptors (Lipinski definition) is 7. The van der Waals surface area contributed by atoms with Crippen LogP contribution in [0.15, 0.2) is 46.2 Å². The lowest BCUT2D eigenvalue weighted by molar-refractivity contribution is 0.216. The fraction of sp³-hybridized carbons (Fsp3) is 0.200. The predicted octanol–water partition coefficient (Wildman–Crippen LogP) is 1.59. The van der Waals surface area contributed by atoms with Crippen molar-refractivity contribution in [2.24, 2.45) is 0 Å². The number of halogens is 2. The fourth-order valence-corrected chi connectivity index (χ4v) is 4.11. The molecule has 0 N–H and O–H groups in total. The van der Waals surface area contributed by atoms with Gasteiger partial charge in [-0.25, -0.2) is 22.2 Å². The zero-order valence-corrected chi connectivity index (χ0v) is 13.9. The smallest absolute Gasteiger partial charge is 0.243 e. The van der Waals surface area contributed by atoms with Gasteiger partial charge in [0.1, 0.15) is 17.3 Å². The highest BCUT2D eigenvalue weighted by Gasteiger charge is 2.40. The van der Waals surface area contributed by atoms with E-state index in [1.807, 2.05) is 0 Å². The van der Waals surface area contributed by atoms with E-state index in [0.717, 1.165) is 16.4 Å². The Kier molecular flexibility index (Phi) is 3.96. The number of rotatable bonds is 4. The molecule has 0 spiro atoms. The van der Waals surface area contributed by atoms with E-state index >= 15 is 0 Å². The van der Waals surface area contributed by atoms with Gasteiger partial charge in [-0.3, -0.25) is 4.98 Å². The molecule has 3 aromatic rings. The van der Waals surface area contributed by atoms with Crippen LogP contribution in [-0.2, 0) is 10.0 Å². The Balaban J connectivity index is 1.49. The van der Waals surface area contributed by atoms with E-state index in [9.17, 15) is 17.2 Å². The van der Waals surface area contributed by atoms with Crippen molar-refractivity contribution in [2.45, 2.75) is 10.8 Å². The highest BCUT2D eigenvalue weighted by atomic mass is 32.2. The molecule has 11 heteroatoms. The van der Waals surface area contributed by atoms with Crippen LogP contribution in [0.1, 0.15) is 11.8 Å². The number of benzene rings is 1. The van der Waals surface area contributed by atoms with Gasteiger partial charge in [0.15, 0.2) is 0 Å². The second kappa shape index (κ2) is 6.18. The van der Waals surface area contributed by atoms with Gasteiger partial charge in [-0.15, -0.1) is 0 Å². The Hall–Kier alpha value is -2.79. The van der Waals surface area contributed by atoms with E-state index < -0.39 is 26.6 Å². The molecule has 1 aliphatic rings. The van der Waals surface area contributed by atoms with Crippen LogP contribution >= 0.6 is 0 Å². The number of hydrogen-bond donors (Lipinski definition) is 0. The fourth-order valence-electron chi connectivity index (χ4n) is 2.54. The standard InChI is InChI=1S/C15H11F2N5O3S/c16-10-3-11(17)5-12(4-10)26(23,24)22-7-9(8-22)15-20-14(21-25-15)13-6-18-1-2-19-13/h1-6,9H,7-8H2. The Morgan fingerprint density at radius 2 is 1.85 bits per heavy atom. The summed E-state index contributed by atoms with van der Waals surface area (Å²) in [6, 6.07) is 2.18. The van der Waals surface area contributed by atoms with Gasteiger partial charge < -0.3 is 4.52 Å². The third kappa shape index (κ3) is 2.95. The van der Waals surface area contributed by atoms with Gasteiger partial charge in [0, 0.05) is 31.5 Å². The van der Waals surface area contributed by atoms with Crippen molar-refractivity contribution < 1.29 is 21.7 Å². The molecule has 0 bridgehead atoms. The Morgan fingerprint density at radius 1 is 1.12 bits per heavy atom. The van der Waals surface area contributed by atoms with Gasteiger partial charge in [0.2, 0.25) is 21.7 Å². The summed E-state index contributed by atoms with van der Waals surface area (Å²) in [5.74, 6) is -1.69. The summed E-state index contributed by atoms with van der Waals surface area (Å²) in [5.41, 5.74) is 0.432. The maximum atomic E-state index is 13.3. The molecule has 0 aliphatic carbocycles. The van der Waals surface area contributed by atoms with Crippen molar-refractivity contribution in [3.8, 4) is 11.5 Å². The van der Waals surface area contributed by atoms with E-state index in [1.165, 1.54) is 18.6 Å². The molecule has 0 amide bonds. The maximum absolute atomic E-state index is 13.3. The van der Waals surface area contributed by atoms with Crippen LogP contribution in [0.5, 0.6) is 0 Å². The molecule has 0 radical (unpaired) electrons. The van der Waals surface area contributed by atoms with Crippen LogP contribution in [0.25, 0.3) is 11.5 Å². The minimum atomic E-state index is -3.99. The second-order valence-corrected chi connectivity index (χ2v) is 7.61. The summed E-state index contributed by atoms with van der Waals surface area (Å²) in [4.78, 5) is 11.7. The van der Waals surface area contributed by atoms with Gasteiger partial charge in [0.25, 0.3) is 0 Å². The normalized spacial score (nSPS) is 15.8. The first kappa shape index (κ1) is 16.7. The Labute approximate surface area is 146 Å². The molecule has 2 aromatic heterocycles. The lowest BCUT2D eigenvalue weighted by Gasteiger charge is -2.35. The highest BCUT2D eigenvalue weighted by molar-refractivity contribution is 7.89. The number of aromatic nitrogens is 4. The van der Waals surface area contributed by atoms with Crippen molar-refractivity contribution in [3.05, 3.63) is 54.3 Å². The van der Waals surface area contributed by atoms with Crippen LogP contribution in [-0.4, -0.2) is 45.9 Å². The van der Waals surface area contributed by atoms with Crippen molar-refractivity contribution in [1.82, 2.24) is 24.4 Å². The third-order valence-electron chi connectivity index (χ3n) is 3.91. The summed E-state index contributed by atoms with van der Waals surface area (Å²) < 4.78 is 57.7. The maximum Gasteiger partial charge on any atom is 0.243 e. The van der Waals surface area contributed by atoms with E-state index in [4.69, 9.17) is 4.52 Å². The Bertz CT molecular complexity index is 1030. The van der Waals surface area contributed by atoms with Gasteiger partial charge in [-0.2, -0.15) is 9.29 Å². The molecule has 1 saturated heterocycles. The minimum Gasteiger partial charge on any atom is -0.339 e. The summed E-state index contributed by atoms with van der Waals surface area (Å²) in [7, 11) is -3.99. The van der Waals surface area contributed by atoms with Gasteiger partial charge in [0.05, 0.1) is 17.0 Å². The summed E-state index contributed by atoms with van der Waals surface area (Å²) in [6.07, 6.45) is 4.47. The van der Waals surface area contributed by atoms with Crippen molar-refractivity contribution in [1.29, 1.82) is 0 Å². The van der Waals surface area contributed by atoms with Crippen LogP contribution < -0.4 is 0 Å². The largest absolute Gasteiger partial charge is 0.339 e. The van der Waals surface area contributed by atoms with Crippen LogP contribution in [0.3, 0.4) is 0 Å². The molecule has 1 fully saturated rings. The highest BCUT2D eigenvalue weighted by Crippen LogP contribution is 2.32. The lowest BCUT2D eigenvalue weighted by Crippen LogP contribution is -2.48. The topological polar surface area (TPSA) is 102 Å². The molecule has 1 aromatic carbocycles. The first-order chi connectivity index (χ1) is 12.4. The first-order valence-corrected chi connectivity index (χ1v) is 8.94. The lowest BCUT2D eigenvalue weighted by atomic mass is 10.0. The third-order valence-corrected chi connectivity index (χ3v) is 5.71. The van der Waals surface area contributed by atoms with E-state index in [-0.39, 0.29) is 30.7 Å².